The summed E-state index contributed by atoms with van der Waals surface area (Å²) in [4.78, 5) is 30.2. The number of benzene rings is 2. The molecule has 0 atom stereocenters. The zero-order valence-electron chi connectivity index (χ0n) is 18.0. The maximum atomic E-state index is 12.5. The fourth-order valence-corrected chi connectivity index (χ4v) is 3.57. The number of hydrogen-bond acceptors (Lipinski definition) is 6. The van der Waals surface area contributed by atoms with E-state index < -0.39 is 0 Å². The molecule has 0 saturated heterocycles. The molecule has 1 amide bonds. The molecule has 0 radical (unpaired) electrons. The van der Waals surface area contributed by atoms with Gasteiger partial charge in [-0.05, 0) is 43.7 Å². The molecule has 0 unspecified atom stereocenters. The van der Waals surface area contributed by atoms with E-state index in [-0.39, 0.29) is 5.91 Å². The molecule has 0 spiro atoms. The van der Waals surface area contributed by atoms with E-state index in [0.717, 1.165) is 28.5 Å². The van der Waals surface area contributed by atoms with Crippen molar-refractivity contribution in [2.45, 2.75) is 13.8 Å². The van der Waals surface area contributed by atoms with Gasteiger partial charge in [-0.1, -0.05) is 30.3 Å². The van der Waals surface area contributed by atoms with E-state index in [9.17, 15) is 4.79 Å². The number of likely N-dealkylation sites (N-methyl/N-ethyl adjacent to an activating group) is 1. The van der Waals surface area contributed by atoms with E-state index in [2.05, 4.69) is 32.3 Å². The standard InChI is InChI=1S/C24H26N6O/c1-4-30(5-2)23(31)18-11-13-19(14-12-18)26-24-25-15-20-22(28-24)29(3)16-21(27-20)17-9-7-6-8-10-17/h6-15H,4-5,16H2,1-3H3,(H,25,26,28). The van der Waals surface area contributed by atoms with Crippen LogP contribution in [0.1, 0.15) is 29.8 Å². The summed E-state index contributed by atoms with van der Waals surface area (Å²) in [6, 6.07) is 17.5. The lowest BCUT2D eigenvalue weighted by atomic mass is 10.1. The Morgan fingerprint density at radius 1 is 1.06 bits per heavy atom. The molecule has 2 heterocycles. The van der Waals surface area contributed by atoms with Crippen LogP contribution in [0.15, 0.2) is 65.8 Å². The Bertz CT molecular complexity index is 1090. The summed E-state index contributed by atoms with van der Waals surface area (Å²) in [7, 11) is 2.00. The van der Waals surface area contributed by atoms with Crippen molar-refractivity contribution in [2.75, 3.05) is 36.9 Å². The van der Waals surface area contributed by atoms with Crippen LogP contribution in [0.4, 0.5) is 23.1 Å². The Kier molecular flexibility index (Phi) is 5.93. The maximum absolute atomic E-state index is 12.5. The van der Waals surface area contributed by atoms with Gasteiger partial charge in [0.05, 0.1) is 18.5 Å². The van der Waals surface area contributed by atoms with Gasteiger partial charge in [-0.3, -0.25) is 4.79 Å². The van der Waals surface area contributed by atoms with Crippen molar-refractivity contribution < 1.29 is 4.79 Å². The molecule has 0 bridgehead atoms. The van der Waals surface area contributed by atoms with Crippen molar-refractivity contribution in [3.05, 3.63) is 71.9 Å². The fraction of sp³-hybridized carbons (Fsp3) is 0.250. The zero-order chi connectivity index (χ0) is 21.8. The third-order valence-corrected chi connectivity index (χ3v) is 5.30. The maximum Gasteiger partial charge on any atom is 0.253 e. The smallest absolute Gasteiger partial charge is 0.253 e. The normalized spacial score (nSPS) is 12.7. The van der Waals surface area contributed by atoms with Gasteiger partial charge in [0.2, 0.25) is 5.95 Å². The zero-order valence-corrected chi connectivity index (χ0v) is 18.0. The summed E-state index contributed by atoms with van der Waals surface area (Å²) in [5, 5.41) is 3.22. The van der Waals surface area contributed by atoms with Gasteiger partial charge in [-0.15, -0.1) is 0 Å². The second-order valence-electron chi connectivity index (χ2n) is 7.36. The topological polar surface area (TPSA) is 73.7 Å². The first-order valence-corrected chi connectivity index (χ1v) is 10.5. The molecule has 0 fully saturated rings. The van der Waals surface area contributed by atoms with Crippen molar-refractivity contribution in [1.82, 2.24) is 14.9 Å². The first-order valence-electron chi connectivity index (χ1n) is 10.5. The SMILES string of the molecule is CCN(CC)C(=O)c1ccc(Nc2ncc3c(n2)N(C)CC(c2ccccc2)=N3)cc1. The Hall–Kier alpha value is -3.74. The van der Waals surface area contributed by atoms with Crippen LogP contribution in [-0.4, -0.2) is 53.2 Å². The van der Waals surface area contributed by atoms with E-state index in [1.807, 2.05) is 63.4 Å². The minimum absolute atomic E-state index is 0.0373. The lowest BCUT2D eigenvalue weighted by Gasteiger charge is -2.25. The molecule has 2 aromatic carbocycles. The second kappa shape index (κ2) is 8.95. The molecule has 0 aliphatic carbocycles. The van der Waals surface area contributed by atoms with E-state index in [4.69, 9.17) is 4.99 Å². The number of carbonyl (C=O) groups is 1. The highest BCUT2D eigenvalue weighted by Crippen LogP contribution is 2.31. The molecule has 4 rings (SSSR count). The first kappa shape index (κ1) is 20.5. The summed E-state index contributed by atoms with van der Waals surface area (Å²) < 4.78 is 0. The average Bonchev–Trinajstić information content (AvgIpc) is 2.81. The van der Waals surface area contributed by atoms with Gasteiger partial charge in [-0.25, -0.2) is 9.98 Å². The monoisotopic (exact) mass is 414 g/mol. The predicted molar refractivity (Wildman–Crippen MR) is 125 cm³/mol. The summed E-state index contributed by atoms with van der Waals surface area (Å²) in [5.41, 5.74) is 4.33. The predicted octanol–water partition coefficient (Wildman–Crippen LogP) is 4.27. The number of aliphatic imine (C=N–C) groups is 1. The molecule has 31 heavy (non-hydrogen) atoms. The third-order valence-electron chi connectivity index (χ3n) is 5.30. The molecule has 158 valence electrons. The molecular formula is C24H26N6O. The fourth-order valence-electron chi connectivity index (χ4n) is 3.57. The summed E-state index contributed by atoms with van der Waals surface area (Å²) in [6.07, 6.45) is 1.74. The van der Waals surface area contributed by atoms with Crippen molar-refractivity contribution in [3.8, 4) is 0 Å². The Balaban J connectivity index is 1.52. The van der Waals surface area contributed by atoms with Crippen LogP contribution in [0.3, 0.4) is 0 Å². The van der Waals surface area contributed by atoms with Crippen molar-refractivity contribution >= 4 is 34.8 Å². The molecule has 7 heteroatoms. The van der Waals surface area contributed by atoms with Crippen LogP contribution in [0, 0.1) is 0 Å². The molecule has 3 aromatic rings. The second-order valence-corrected chi connectivity index (χ2v) is 7.36. The molecule has 1 N–H and O–H groups in total. The van der Waals surface area contributed by atoms with Crippen LogP contribution < -0.4 is 10.2 Å². The largest absolute Gasteiger partial charge is 0.352 e. The molecule has 1 aliphatic rings. The number of nitrogens with one attached hydrogen (secondary N) is 1. The van der Waals surface area contributed by atoms with Crippen LogP contribution in [-0.2, 0) is 0 Å². The third kappa shape index (κ3) is 4.40. The Labute approximate surface area is 182 Å². The highest BCUT2D eigenvalue weighted by atomic mass is 16.2. The Morgan fingerprint density at radius 3 is 2.45 bits per heavy atom. The van der Waals surface area contributed by atoms with E-state index in [1.165, 1.54) is 0 Å². The number of aromatic nitrogens is 2. The summed E-state index contributed by atoms with van der Waals surface area (Å²) >= 11 is 0. The number of rotatable bonds is 6. The van der Waals surface area contributed by atoms with Crippen LogP contribution in [0.25, 0.3) is 0 Å². The number of amides is 1. The van der Waals surface area contributed by atoms with Crippen LogP contribution in [0.5, 0.6) is 0 Å². The number of carbonyl (C=O) groups excluding carboxylic acids is 1. The lowest BCUT2D eigenvalue weighted by molar-refractivity contribution is 0.0773. The van der Waals surface area contributed by atoms with Crippen LogP contribution >= 0.6 is 0 Å². The first-order chi connectivity index (χ1) is 15.1. The molecule has 0 saturated carbocycles. The highest BCUT2D eigenvalue weighted by molar-refractivity contribution is 6.07. The van der Waals surface area contributed by atoms with Gasteiger partial charge in [-0.2, -0.15) is 4.98 Å². The van der Waals surface area contributed by atoms with Crippen LogP contribution in [0.2, 0.25) is 0 Å². The Morgan fingerprint density at radius 2 is 1.77 bits per heavy atom. The van der Waals surface area contributed by atoms with Gasteiger partial charge >= 0.3 is 0 Å². The van der Waals surface area contributed by atoms with E-state index in [0.29, 0.717) is 31.1 Å². The molecule has 7 nitrogen and oxygen atoms in total. The van der Waals surface area contributed by atoms with Crippen molar-refractivity contribution in [3.63, 3.8) is 0 Å². The van der Waals surface area contributed by atoms with Crippen molar-refractivity contribution in [2.24, 2.45) is 4.99 Å². The number of anilines is 3. The summed E-state index contributed by atoms with van der Waals surface area (Å²) in [6.45, 7) is 6.03. The van der Waals surface area contributed by atoms with Gasteiger partial charge in [0.1, 0.15) is 5.69 Å². The lowest BCUT2D eigenvalue weighted by Crippen LogP contribution is -2.30. The quantitative estimate of drug-likeness (QED) is 0.652. The molecule has 1 aromatic heterocycles. The average molecular weight is 415 g/mol. The number of nitrogens with zero attached hydrogens (tertiary/aromatic N) is 5. The van der Waals surface area contributed by atoms with Gasteiger partial charge in [0, 0.05) is 31.4 Å². The van der Waals surface area contributed by atoms with E-state index in [1.54, 1.807) is 11.1 Å². The number of hydrogen-bond donors (Lipinski definition) is 1. The van der Waals surface area contributed by atoms with Gasteiger partial charge < -0.3 is 15.1 Å². The van der Waals surface area contributed by atoms with Crippen molar-refractivity contribution in [1.29, 1.82) is 0 Å². The van der Waals surface area contributed by atoms with Gasteiger partial charge in [0.15, 0.2) is 5.82 Å². The molecule has 1 aliphatic heterocycles. The minimum atomic E-state index is 0.0373. The number of fused-ring (bicyclic) bond motifs is 1. The minimum Gasteiger partial charge on any atom is -0.352 e. The highest BCUT2D eigenvalue weighted by Gasteiger charge is 2.20. The van der Waals surface area contributed by atoms with Gasteiger partial charge in [0.25, 0.3) is 5.91 Å². The van der Waals surface area contributed by atoms with E-state index >= 15 is 0 Å². The summed E-state index contributed by atoms with van der Waals surface area (Å²) in [5.74, 6) is 1.31. The molecular weight excluding hydrogens is 388 g/mol.